The van der Waals surface area contributed by atoms with Crippen LogP contribution in [0.1, 0.15) is 20.8 Å². The van der Waals surface area contributed by atoms with E-state index in [1.54, 1.807) is 6.20 Å². The predicted octanol–water partition coefficient (Wildman–Crippen LogP) is 4.35. The number of thiophene rings is 1. The van der Waals surface area contributed by atoms with Crippen LogP contribution in [0, 0.1) is 6.92 Å². The van der Waals surface area contributed by atoms with Gasteiger partial charge in [-0.3, -0.25) is 9.78 Å². The van der Waals surface area contributed by atoms with Crippen LogP contribution in [-0.2, 0) is 0 Å². The first-order chi connectivity index (χ1) is 9.77. The SMILES string of the molecule is Cc1ccccc1C(=O)c1sccc1-c1ccccn1. The Morgan fingerprint density at radius 2 is 1.85 bits per heavy atom. The molecule has 0 aliphatic carbocycles. The third-order valence-corrected chi connectivity index (χ3v) is 4.12. The molecule has 3 heteroatoms. The normalized spacial score (nSPS) is 10.4. The third kappa shape index (κ3) is 2.28. The van der Waals surface area contributed by atoms with Crippen LogP contribution in [-0.4, -0.2) is 10.8 Å². The molecule has 0 fully saturated rings. The monoisotopic (exact) mass is 279 g/mol. The van der Waals surface area contributed by atoms with E-state index in [4.69, 9.17) is 0 Å². The standard InChI is InChI=1S/C17H13NOS/c1-12-6-2-3-7-13(12)16(19)17-14(9-11-20-17)15-8-4-5-10-18-15/h2-11H,1H3. The van der Waals surface area contributed by atoms with Gasteiger partial charge in [-0.2, -0.15) is 0 Å². The van der Waals surface area contributed by atoms with Gasteiger partial charge in [0.1, 0.15) is 0 Å². The van der Waals surface area contributed by atoms with E-state index in [1.165, 1.54) is 11.3 Å². The van der Waals surface area contributed by atoms with E-state index in [-0.39, 0.29) is 5.78 Å². The molecule has 0 bridgehead atoms. The number of aryl methyl sites for hydroxylation is 1. The van der Waals surface area contributed by atoms with Crippen molar-refractivity contribution in [2.45, 2.75) is 6.92 Å². The van der Waals surface area contributed by atoms with E-state index in [9.17, 15) is 4.79 Å². The van der Waals surface area contributed by atoms with E-state index >= 15 is 0 Å². The van der Waals surface area contributed by atoms with Crippen LogP contribution in [0.25, 0.3) is 11.3 Å². The molecule has 3 aromatic rings. The summed E-state index contributed by atoms with van der Waals surface area (Å²) in [6.07, 6.45) is 1.75. The van der Waals surface area contributed by atoms with Gasteiger partial charge in [-0.1, -0.05) is 30.3 Å². The van der Waals surface area contributed by atoms with Gasteiger partial charge in [-0.25, -0.2) is 0 Å². The van der Waals surface area contributed by atoms with Gasteiger partial charge in [0, 0.05) is 17.3 Å². The van der Waals surface area contributed by atoms with E-state index < -0.39 is 0 Å². The average Bonchev–Trinajstić information content (AvgIpc) is 2.97. The molecule has 0 spiro atoms. The molecular formula is C17H13NOS. The molecule has 2 aromatic heterocycles. The van der Waals surface area contributed by atoms with Crippen LogP contribution in [0.15, 0.2) is 60.1 Å². The maximum Gasteiger partial charge on any atom is 0.203 e. The van der Waals surface area contributed by atoms with Crippen molar-refractivity contribution in [3.63, 3.8) is 0 Å². The maximum absolute atomic E-state index is 12.7. The Hall–Kier alpha value is -2.26. The van der Waals surface area contributed by atoms with Crippen molar-refractivity contribution in [1.82, 2.24) is 4.98 Å². The molecule has 1 aromatic carbocycles. The minimum Gasteiger partial charge on any atom is -0.288 e. The number of hydrogen-bond donors (Lipinski definition) is 0. The van der Waals surface area contributed by atoms with Crippen LogP contribution in [0.5, 0.6) is 0 Å². The number of carbonyl (C=O) groups is 1. The Morgan fingerprint density at radius 1 is 1.05 bits per heavy atom. The smallest absolute Gasteiger partial charge is 0.203 e. The fraction of sp³-hybridized carbons (Fsp3) is 0.0588. The molecular weight excluding hydrogens is 266 g/mol. The van der Waals surface area contributed by atoms with Crippen molar-refractivity contribution in [2.24, 2.45) is 0 Å². The summed E-state index contributed by atoms with van der Waals surface area (Å²) in [5, 5.41) is 1.94. The van der Waals surface area contributed by atoms with E-state index in [0.29, 0.717) is 0 Å². The van der Waals surface area contributed by atoms with Gasteiger partial charge in [0.05, 0.1) is 10.6 Å². The van der Waals surface area contributed by atoms with Crippen molar-refractivity contribution in [3.8, 4) is 11.3 Å². The minimum atomic E-state index is 0.0683. The summed E-state index contributed by atoms with van der Waals surface area (Å²) in [4.78, 5) is 17.8. The average molecular weight is 279 g/mol. The number of carbonyl (C=O) groups excluding carboxylic acids is 1. The summed E-state index contributed by atoms with van der Waals surface area (Å²) in [6, 6.07) is 15.4. The van der Waals surface area contributed by atoms with E-state index in [2.05, 4.69) is 4.98 Å². The van der Waals surface area contributed by atoms with Gasteiger partial charge < -0.3 is 0 Å². The number of hydrogen-bond acceptors (Lipinski definition) is 3. The molecule has 0 aliphatic heterocycles. The lowest BCUT2D eigenvalue weighted by Crippen LogP contribution is -2.03. The van der Waals surface area contributed by atoms with Crippen LogP contribution >= 0.6 is 11.3 Å². The Morgan fingerprint density at radius 3 is 2.60 bits per heavy atom. The molecule has 0 atom stereocenters. The molecule has 0 saturated carbocycles. The summed E-state index contributed by atoms with van der Waals surface area (Å²) in [6.45, 7) is 1.96. The lowest BCUT2D eigenvalue weighted by atomic mass is 10.0. The number of aromatic nitrogens is 1. The third-order valence-electron chi connectivity index (χ3n) is 3.20. The quantitative estimate of drug-likeness (QED) is 0.667. The number of rotatable bonds is 3. The van der Waals surface area contributed by atoms with Crippen LogP contribution in [0.3, 0.4) is 0 Å². The second-order valence-corrected chi connectivity index (χ2v) is 5.44. The molecule has 3 rings (SSSR count). The Bertz CT molecular complexity index is 746. The largest absolute Gasteiger partial charge is 0.288 e. The van der Waals surface area contributed by atoms with Crippen molar-refractivity contribution in [3.05, 3.63) is 76.1 Å². The zero-order valence-electron chi connectivity index (χ0n) is 11.0. The lowest BCUT2D eigenvalue weighted by molar-refractivity contribution is 0.104. The van der Waals surface area contributed by atoms with Gasteiger partial charge in [-0.15, -0.1) is 11.3 Å². The predicted molar refractivity (Wildman–Crippen MR) is 82.2 cm³/mol. The number of nitrogens with zero attached hydrogens (tertiary/aromatic N) is 1. The summed E-state index contributed by atoms with van der Waals surface area (Å²) in [7, 11) is 0. The van der Waals surface area contributed by atoms with Gasteiger partial charge in [0.25, 0.3) is 0 Å². The first-order valence-electron chi connectivity index (χ1n) is 6.36. The van der Waals surface area contributed by atoms with Crippen molar-refractivity contribution < 1.29 is 4.79 Å². The van der Waals surface area contributed by atoms with Crippen molar-refractivity contribution >= 4 is 17.1 Å². The van der Waals surface area contributed by atoms with Crippen molar-refractivity contribution in [1.29, 1.82) is 0 Å². The second-order valence-electron chi connectivity index (χ2n) is 4.52. The molecule has 2 heterocycles. The lowest BCUT2D eigenvalue weighted by Gasteiger charge is -2.05. The molecule has 0 radical (unpaired) electrons. The summed E-state index contributed by atoms with van der Waals surface area (Å²) >= 11 is 1.47. The first-order valence-corrected chi connectivity index (χ1v) is 7.24. The topological polar surface area (TPSA) is 30.0 Å². The Labute approximate surface area is 121 Å². The van der Waals surface area contributed by atoms with Crippen LogP contribution < -0.4 is 0 Å². The van der Waals surface area contributed by atoms with Gasteiger partial charge in [0.2, 0.25) is 5.78 Å². The second kappa shape index (κ2) is 5.39. The number of benzene rings is 1. The fourth-order valence-corrected chi connectivity index (χ4v) is 3.02. The molecule has 0 unspecified atom stereocenters. The van der Waals surface area contributed by atoms with E-state index in [1.807, 2.05) is 60.8 Å². The first kappa shape index (κ1) is 12.8. The zero-order valence-corrected chi connectivity index (χ0v) is 11.9. The maximum atomic E-state index is 12.7. The highest BCUT2D eigenvalue weighted by atomic mass is 32.1. The van der Waals surface area contributed by atoms with Gasteiger partial charge in [0.15, 0.2) is 0 Å². The molecule has 0 N–H and O–H groups in total. The summed E-state index contributed by atoms with van der Waals surface area (Å²) < 4.78 is 0. The highest BCUT2D eigenvalue weighted by Gasteiger charge is 2.18. The van der Waals surface area contributed by atoms with Crippen LogP contribution in [0.4, 0.5) is 0 Å². The molecule has 0 amide bonds. The molecule has 2 nitrogen and oxygen atoms in total. The van der Waals surface area contributed by atoms with Gasteiger partial charge >= 0.3 is 0 Å². The fourth-order valence-electron chi connectivity index (χ4n) is 2.16. The Balaban J connectivity index is 2.07. The summed E-state index contributed by atoms with van der Waals surface area (Å²) in [5.74, 6) is 0.0683. The number of ketones is 1. The zero-order chi connectivity index (χ0) is 13.9. The molecule has 20 heavy (non-hydrogen) atoms. The highest BCUT2D eigenvalue weighted by Crippen LogP contribution is 2.29. The summed E-state index contributed by atoms with van der Waals surface area (Å²) in [5.41, 5.74) is 3.50. The van der Waals surface area contributed by atoms with Crippen LogP contribution in [0.2, 0.25) is 0 Å². The van der Waals surface area contributed by atoms with Gasteiger partial charge in [-0.05, 0) is 36.1 Å². The minimum absolute atomic E-state index is 0.0683. The number of pyridine rings is 1. The highest BCUT2D eigenvalue weighted by molar-refractivity contribution is 7.12. The Kier molecular flexibility index (Phi) is 3.44. The molecule has 0 aliphatic rings. The van der Waals surface area contributed by atoms with Crippen molar-refractivity contribution in [2.75, 3.05) is 0 Å². The van der Waals surface area contributed by atoms with E-state index in [0.717, 1.165) is 27.3 Å². The molecule has 98 valence electrons. The molecule has 0 saturated heterocycles.